The lowest BCUT2D eigenvalue weighted by Crippen LogP contribution is -2.19. The Morgan fingerprint density at radius 3 is 2.67 bits per heavy atom. The molecule has 4 nitrogen and oxygen atoms in total. The van der Waals surface area contributed by atoms with Gasteiger partial charge < -0.3 is 11.1 Å². The molecule has 1 aromatic rings. The SMILES string of the molecule is CCSCCC(C)Nc1ncnc(N)c1C(C)C. The van der Waals surface area contributed by atoms with Gasteiger partial charge in [-0.05, 0) is 30.8 Å². The summed E-state index contributed by atoms with van der Waals surface area (Å²) < 4.78 is 0. The van der Waals surface area contributed by atoms with E-state index in [9.17, 15) is 0 Å². The van der Waals surface area contributed by atoms with Crippen LogP contribution in [0, 0.1) is 0 Å². The summed E-state index contributed by atoms with van der Waals surface area (Å²) in [6, 6.07) is 0.399. The van der Waals surface area contributed by atoms with Gasteiger partial charge in [-0.2, -0.15) is 11.8 Å². The topological polar surface area (TPSA) is 63.8 Å². The van der Waals surface area contributed by atoms with Gasteiger partial charge in [-0.25, -0.2) is 9.97 Å². The summed E-state index contributed by atoms with van der Waals surface area (Å²) in [5.74, 6) is 4.13. The first kappa shape index (κ1) is 15.1. The molecule has 1 unspecified atom stereocenters. The average molecular weight is 268 g/mol. The molecule has 5 heteroatoms. The van der Waals surface area contributed by atoms with Crippen LogP contribution in [0.5, 0.6) is 0 Å². The number of hydrogen-bond donors (Lipinski definition) is 2. The van der Waals surface area contributed by atoms with Crippen molar-refractivity contribution in [2.24, 2.45) is 0 Å². The molecule has 3 N–H and O–H groups in total. The molecule has 0 spiro atoms. The summed E-state index contributed by atoms with van der Waals surface area (Å²) in [4.78, 5) is 8.39. The van der Waals surface area contributed by atoms with Gasteiger partial charge in [-0.15, -0.1) is 0 Å². The zero-order valence-electron chi connectivity index (χ0n) is 11.7. The largest absolute Gasteiger partial charge is 0.383 e. The van der Waals surface area contributed by atoms with Gasteiger partial charge in [-0.3, -0.25) is 0 Å². The van der Waals surface area contributed by atoms with E-state index in [0.29, 0.717) is 17.8 Å². The summed E-state index contributed by atoms with van der Waals surface area (Å²) in [7, 11) is 0. The van der Waals surface area contributed by atoms with Crippen LogP contribution in [0.1, 0.15) is 45.6 Å². The minimum atomic E-state index is 0.325. The summed E-state index contributed by atoms with van der Waals surface area (Å²) in [5.41, 5.74) is 6.95. The number of thioether (sulfide) groups is 1. The zero-order chi connectivity index (χ0) is 13.5. The lowest BCUT2D eigenvalue weighted by Gasteiger charge is -2.19. The molecule has 0 fully saturated rings. The zero-order valence-corrected chi connectivity index (χ0v) is 12.5. The Morgan fingerprint density at radius 2 is 2.06 bits per heavy atom. The van der Waals surface area contributed by atoms with Crippen LogP contribution in [-0.4, -0.2) is 27.5 Å². The Hall–Kier alpha value is -0.970. The molecule has 0 amide bonds. The highest BCUT2D eigenvalue weighted by atomic mass is 32.2. The molecule has 0 aliphatic heterocycles. The number of nitrogen functional groups attached to an aromatic ring is 1. The van der Waals surface area contributed by atoms with Crippen LogP contribution in [0.15, 0.2) is 6.33 Å². The first-order valence-corrected chi connectivity index (χ1v) is 7.66. The third-order valence-corrected chi connectivity index (χ3v) is 3.71. The molecule has 1 atom stereocenters. The van der Waals surface area contributed by atoms with Gasteiger partial charge in [0.25, 0.3) is 0 Å². The number of rotatable bonds is 7. The maximum atomic E-state index is 5.92. The van der Waals surface area contributed by atoms with Crippen molar-refractivity contribution in [1.82, 2.24) is 9.97 Å². The number of nitrogens with two attached hydrogens (primary N) is 1. The van der Waals surface area contributed by atoms with Crippen LogP contribution in [0.3, 0.4) is 0 Å². The van der Waals surface area contributed by atoms with Crippen LogP contribution in [0.2, 0.25) is 0 Å². The third-order valence-electron chi connectivity index (χ3n) is 2.77. The fourth-order valence-electron chi connectivity index (χ4n) is 1.80. The van der Waals surface area contributed by atoms with Crippen LogP contribution in [0.4, 0.5) is 11.6 Å². The lowest BCUT2D eigenvalue weighted by atomic mass is 10.0. The number of hydrogen-bond acceptors (Lipinski definition) is 5. The highest BCUT2D eigenvalue weighted by Crippen LogP contribution is 2.26. The normalized spacial score (nSPS) is 12.7. The summed E-state index contributed by atoms with van der Waals surface area (Å²) in [6.07, 6.45) is 2.65. The lowest BCUT2D eigenvalue weighted by molar-refractivity contribution is 0.755. The van der Waals surface area contributed by atoms with Crippen molar-refractivity contribution >= 4 is 23.4 Å². The minimum absolute atomic E-state index is 0.325. The number of anilines is 2. The molecular weight excluding hydrogens is 244 g/mol. The van der Waals surface area contributed by atoms with E-state index >= 15 is 0 Å². The smallest absolute Gasteiger partial charge is 0.135 e. The summed E-state index contributed by atoms with van der Waals surface area (Å²) in [6.45, 7) is 8.58. The second-order valence-electron chi connectivity index (χ2n) is 4.71. The maximum absolute atomic E-state index is 5.92. The molecule has 18 heavy (non-hydrogen) atoms. The number of nitrogens with one attached hydrogen (secondary N) is 1. The maximum Gasteiger partial charge on any atom is 0.135 e. The minimum Gasteiger partial charge on any atom is -0.383 e. The molecule has 1 heterocycles. The molecule has 1 aromatic heterocycles. The molecule has 1 rings (SSSR count). The van der Waals surface area contributed by atoms with Crippen molar-refractivity contribution in [1.29, 1.82) is 0 Å². The third kappa shape index (κ3) is 4.37. The van der Waals surface area contributed by atoms with E-state index < -0.39 is 0 Å². The fourth-order valence-corrected chi connectivity index (χ4v) is 2.61. The van der Waals surface area contributed by atoms with E-state index in [1.807, 2.05) is 11.8 Å². The van der Waals surface area contributed by atoms with Crippen molar-refractivity contribution in [3.63, 3.8) is 0 Å². The number of aromatic nitrogens is 2. The predicted octanol–water partition coefficient (Wildman–Crippen LogP) is 3.13. The van der Waals surface area contributed by atoms with Crippen molar-refractivity contribution in [3.05, 3.63) is 11.9 Å². The predicted molar refractivity (Wildman–Crippen MR) is 81.2 cm³/mol. The number of nitrogens with zero attached hydrogens (tertiary/aromatic N) is 2. The second-order valence-corrected chi connectivity index (χ2v) is 6.10. The standard InChI is InChI=1S/C13H24N4S/c1-5-18-7-6-10(4)17-13-11(9(2)3)12(14)15-8-16-13/h8-10H,5-7H2,1-4H3,(H3,14,15,16,17). The van der Waals surface area contributed by atoms with Gasteiger partial charge in [0.05, 0.1) is 0 Å². The van der Waals surface area contributed by atoms with E-state index in [0.717, 1.165) is 17.8 Å². The van der Waals surface area contributed by atoms with E-state index in [4.69, 9.17) is 5.73 Å². The van der Waals surface area contributed by atoms with Crippen molar-refractivity contribution in [2.45, 2.75) is 46.1 Å². The van der Waals surface area contributed by atoms with Crippen molar-refractivity contribution in [2.75, 3.05) is 22.6 Å². The van der Waals surface area contributed by atoms with Gasteiger partial charge in [0.2, 0.25) is 0 Å². The summed E-state index contributed by atoms with van der Waals surface area (Å²) in [5, 5.41) is 3.45. The van der Waals surface area contributed by atoms with Crippen molar-refractivity contribution in [3.8, 4) is 0 Å². The molecule has 0 bridgehead atoms. The fraction of sp³-hybridized carbons (Fsp3) is 0.692. The molecule has 0 aliphatic carbocycles. The first-order valence-electron chi connectivity index (χ1n) is 6.50. The van der Waals surface area contributed by atoms with Crippen molar-refractivity contribution < 1.29 is 0 Å². The molecule has 0 saturated carbocycles. The van der Waals surface area contributed by atoms with E-state index in [2.05, 4.69) is 43.0 Å². The Morgan fingerprint density at radius 1 is 1.33 bits per heavy atom. The molecule has 0 saturated heterocycles. The first-order chi connectivity index (χ1) is 8.56. The average Bonchev–Trinajstić information content (AvgIpc) is 2.28. The Labute approximate surface area is 114 Å². The van der Waals surface area contributed by atoms with E-state index in [1.54, 1.807) is 0 Å². The Balaban J connectivity index is 2.69. The quantitative estimate of drug-likeness (QED) is 0.744. The van der Waals surface area contributed by atoms with E-state index in [1.165, 1.54) is 17.8 Å². The van der Waals surface area contributed by atoms with Crippen LogP contribution in [-0.2, 0) is 0 Å². The molecular formula is C13H24N4S. The highest BCUT2D eigenvalue weighted by Gasteiger charge is 2.14. The summed E-state index contributed by atoms with van der Waals surface area (Å²) >= 11 is 1.96. The molecule has 0 radical (unpaired) electrons. The molecule has 0 aromatic carbocycles. The van der Waals surface area contributed by atoms with Crippen LogP contribution in [0.25, 0.3) is 0 Å². The Kier molecular flexibility index (Phi) is 6.25. The van der Waals surface area contributed by atoms with Gasteiger partial charge in [0.15, 0.2) is 0 Å². The van der Waals surface area contributed by atoms with Gasteiger partial charge >= 0.3 is 0 Å². The second kappa shape index (κ2) is 7.46. The monoisotopic (exact) mass is 268 g/mol. The van der Waals surface area contributed by atoms with Gasteiger partial charge in [0, 0.05) is 11.6 Å². The van der Waals surface area contributed by atoms with Gasteiger partial charge in [0.1, 0.15) is 18.0 Å². The van der Waals surface area contributed by atoms with Gasteiger partial charge in [-0.1, -0.05) is 20.8 Å². The molecule has 102 valence electrons. The van der Waals surface area contributed by atoms with Crippen LogP contribution < -0.4 is 11.1 Å². The highest BCUT2D eigenvalue weighted by molar-refractivity contribution is 7.99. The van der Waals surface area contributed by atoms with E-state index in [-0.39, 0.29) is 0 Å². The molecule has 0 aliphatic rings. The Bertz CT molecular complexity index is 368. The van der Waals surface area contributed by atoms with Crippen LogP contribution >= 0.6 is 11.8 Å².